The van der Waals surface area contributed by atoms with Crippen LogP contribution in [0.3, 0.4) is 0 Å². The highest BCUT2D eigenvalue weighted by atomic mass is 32.2. The van der Waals surface area contributed by atoms with E-state index >= 15 is 0 Å². The number of carbonyl (C=O) groups is 1. The monoisotopic (exact) mass is 221 g/mol. The van der Waals surface area contributed by atoms with Gasteiger partial charge in [-0.3, -0.25) is 4.79 Å². The number of carboxylic acid groups (broad SMARTS) is 1. The third-order valence-corrected chi connectivity index (χ3v) is 2.96. The number of hydrogen-bond donors (Lipinski definition) is 3. The second kappa shape index (κ2) is 8.08. The number of hydrogen-bond acceptors (Lipinski definition) is 4. The molecule has 5 heteroatoms. The van der Waals surface area contributed by atoms with Crippen LogP contribution in [-0.4, -0.2) is 46.9 Å². The van der Waals surface area contributed by atoms with Crippen molar-refractivity contribution in [3.8, 4) is 0 Å². The first-order valence-electron chi connectivity index (χ1n) is 4.69. The van der Waals surface area contributed by atoms with Crippen LogP contribution in [0, 0.1) is 0 Å². The topological polar surface area (TPSA) is 69.6 Å². The van der Waals surface area contributed by atoms with Crippen LogP contribution in [0.4, 0.5) is 0 Å². The van der Waals surface area contributed by atoms with E-state index in [0.717, 1.165) is 13.0 Å². The van der Waals surface area contributed by atoms with Crippen molar-refractivity contribution in [2.45, 2.75) is 31.1 Å². The zero-order chi connectivity index (χ0) is 11.0. The maximum Gasteiger partial charge on any atom is 0.306 e. The van der Waals surface area contributed by atoms with E-state index in [4.69, 9.17) is 5.11 Å². The second-order valence-corrected chi connectivity index (χ2v) is 4.57. The van der Waals surface area contributed by atoms with E-state index in [1.807, 2.05) is 0 Å². The third-order valence-electron chi connectivity index (χ3n) is 1.92. The van der Waals surface area contributed by atoms with Gasteiger partial charge in [0.25, 0.3) is 0 Å². The lowest BCUT2D eigenvalue weighted by Crippen LogP contribution is -2.30. The van der Waals surface area contributed by atoms with Crippen molar-refractivity contribution in [1.82, 2.24) is 5.32 Å². The lowest BCUT2D eigenvalue weighted by atomic mass is 10.2. The molecular weight excluding hydrogens is 202 g/mol. The van der Waals surface area contributed by atoms with Crippen LogP contribution in [0.2, 0.25) is 0 Å². The van der Waals surface area contributed by atoms with E-state index in [-0.39, 0.29) is 6.42 Å². The molecule has 84 valence electrons. The largest absolute Gasteiger partial charge is 0.481 e. The molecule has 14 heavy (non-hydrogen) atoms. The van der Waals surface area contributed by atoms with Gasteiger partial charge in [0.1, 0.15) is 0 Å². The minimum absolute atomic E-state index is 0.189. The van der Waals surface area contributed by atoms with Gasteiger partial charge in [0.05, 0.1) is 12.5 Å². The van der Waals surface area contributed by atoms with Crippen LogP contribution in [-0.2, 0) is 4.79 Å². The Morgan fingerprint density at radius 3 is 2.71 bits per heavy atom. The summed E-state index contributed by atoms with van der Waals surface area (Å²) in [6, 6.07) is 0. The Kier molecular flexibility index (Phi) is 7.93. The normalized spacial score (nSPS) is 15.1. The van der Waals surface area contributed by atoms with Crippen LogP contribution >= 0.6 is 11.8 Å². The molecule has 3 N–H and O–H groups in total. The molecule has 0 aliphatic carbocycles. The first kappa shape index (κ1) is 13.7. The van der Waals surface area contributed by atoms with Gasteiger partial charge >= 0.3 is 5.97 Å². The first-order valence-corrected chi connectivity index (χ1v) is 5.98. The van der Waals surface area contributed by atoms with Crippen molar-refractivity contribution in [1.29, 1.82) is 0 Å². The number of aliphatic carboxylic acids is 1. The van der Waals surface area contributed by atoms with E-state index in [2.05, 4.69) is 18.5 Å². The minimum Gasteiger partial charge on any atom is -0.481 e. The quantitative estimate of drug-likeness (QED) is 0.522. The number of aliphatic hydroxyl groups is 1. The smallest absolute Gasteiger partial charge is 0.306 e. The molecule has 0 saturated heterocycles. The first-order chi connectivity index (χ1) is 6.56. The zero-order valence-corrected chi connectivity index (χ0v) is 9.51. The Balaban J connectivity index is 3.31. The third kappa shape index (κ3) is 8.34. The number of aliphatic hydroxyl groups excluding tert-OH is 1. The zero-order valence-electron chi connectivity index (χ0n) is 8.69. The summed E-state index contributed by atoms with van der Waals surface area (Å²) in [5.41, 5.74) is 0. The lowest BCUT2D eigenvalue weighted by Gasteiger charge is -2.11. The Labute approximate surface area is 89.1 Å². The molecule has 0 aromatic rings. The SMILES string of the molecule is CSC(C)CCNCC(O)CC(=O)O. The maximum atomic E-state index is 10.2. The fourth-order valence-electron chi connectivity index (χ4n) is 0.966. The Morgan fingerprint density at radius 2 is 2.21 bits per heavy atom. The van der Waals surface area contributed by atoms with Crippen LogP contribution in [0.5, 0.6) is 0 Å². The predicted molar refractivity (Wildman–Crippen MR) is 58.7 cm³/mol. The maximum absolute atomic E-state index is 10.2. The molecular formula is C9H19NO3S. The van der Waals surface area contributed by atoms with Gasteiger partial charge in [0, 0.05) is 11.8 Å². The van der Waals surface area contributed by atoms with Gasteiger partial charge in [-0.1, -0.05) is 6.92 Å². The fraction of sp³-hybridized carbons (Fsp3) is 0.889. The van der Waals surface area contributed by atoms with E-state index in [1.54, 1.807) is 11.8 Å². The second-order valence-electron chi connectivity index (χ2n) is 3.29. The van der Waals surface area contributed by atoms with Gasteiger partial charge in [-0.15, -0.1) is 0 Å². The molecule has 0 bridgehead atoms. The van der Waals surface area contributed by atoms with E-state index < -0.39 is 12.1 Å². The summed E-state index contributed by atoms with van der Waals surface area (Å²) < 4.78 is 0. The number of carboxylic acids is 1. The average molecular weight is 221 g/mol. The molecule has 0 aromatic carbocycles. The summed E-state index contributed by atoms with van der Waals surface area (Å²) in [4.78, 5) is 10.2. The molecule has 0 radical (unpaired) electrons. The van der Waals surface area contributed by atoms with Gasteiger partial charge in [0.2, 0.25) is 0 Å². The van der Waals surface area contributed by atoms with Crippen LogP contribution in [0.25, 0.3) is 0 Å². The van der Waals surface area contributed by atoms with E-state index in [1.165, 1.54) is 0 Å². The molecule has 0 heterocycles. The summed E-state index contributed by atoms with van der Waals surface area (Å²) >= 11 is 1.80. The molecule has 0 aromatic heterocycles. The summed E-state index contributed by atoms with van der Waals surface area (Å²) in [5.74, 6) is -0.961. The van der Waals surface area contributed by atoms with Gasteiger partial charge in [-0.05, 0) is 19.2 Å². The molecule has 0 amide bonds. The number of thioether (sulfide) groups is 1. The highest BCUT2D eigenvalue weighted by molar-refractivity contribution is 7.99. The average Bonchev–Trinajstić information content (AvgIpc) is 2.10. The van der Waals surface area contributed by atoms with Gasteiger partial charge < -0.3 is 15.5 Å². The van der Waals surface area contributed by atoms with Crippen molar-refractivity contribution < 1.29 is 15.0 Å². The van der Waals surface area contributed by atoms with Crippen molar-refractivity contribution >= 4 is 17.7 Å². The van der Waals surface area contributed by atoms with Crippen molar-refractivity contribution in [3.63, 3.8) is 0 Å². The summed E-state index contributed by atoms with van der Waals surface area (Å²) in [5, 5.41) is 21.2. The molecule has 0 aliphatic heterocycles. The predicted octanol–water partition coefficient (Wildman–Crippen LogP) is 0.553. The Bertz CT molecular complexity index is 166. The summed E-state index contributed by atoms with van der Waals surface area (Å²) in [6.07, 6.45) is 2.12. The van der Waals surface area contributed by atoms with Gasteiger partial charge in [-0.2, -0.15) is 11.8 Å². The highest BCUT2D eigenvalue weighted by Gasteiger charge is 2.08. The molecule has 0 aliphatic rings. The fourth-order valence-corrected chi connectivity index (χ4v) is 1.32. The van der Waals surface area contributed by atoms with Crippen molar-refractivity contribution in [2.24, 2.45) is 0 Å². The molecule has 0 rings (SSSR count). The molecule has 4 nitrogen and oxygen atoms in total. The molecule has 0 spiro atoms. The lowest BCUT2D eigenvalue weighted by molar-refractivity contribution is -0.139. The van der Waals surface area contributed by atoms with Crippen molar-refractivity contribution in [3.05, 3.63) is 0 Å². The van der Waals surface area contributed by atoms with Crippen molar-refractivity contribution in [2.75, 3.05) is 19.3 Å². The molecule has 2 atom stereocenters. The molecule has 2 unspecified atom stereocenters. The van der Waals surface area contributed by atoms with Crippen LogP contribution in [0.15, 0.2) is 0 Å². The van der Waals surface area contributed by atoms with E-state index in [0.29, 0.717) is 11.8 Å². The Morgan fingerprint density at radius 1 is 1.57 bits per heavy atom. The Hall–Kier alpha value is -0.260. The standard InChI is InChI=1S/C9H19NO3S/c1-7(14-2)3-4-10-6-8(11)5-9(12)13/h7-8,10-11H,3-6H2,1-2H3,(H,12,13). The summed E-state index contributed by atoms with van der Waals surface area (Å²) in [6.45, 7) is 3.31. The van der Waals surface area contributed by atoms with E-state index in [9.17, 15) is 9.90 Å². The number of nitrogens with one attached hydrogen (secondary N) is 1. The highest BCUT2D eigenvalue weighted by Crippen LogP contribution is 2.07. The summed E-state index contributed by atoms with van der Waals surface area (Å²) in [7, 11) is 0. The van der Waals surface area contributed by atoms with Gasteiger partial charge in [-0.25, -0.2) is 0 Å². The van der Waals surface area contributed by atoms with Gasteiger partial charge in [0.15, 0.2) is 0 Å². The minimum atomic E-state index is -0.961. The molecule has 0 saturated carbocycles. The number of rotatable bonds is 8. The molecule has 0 fully saturated rings. The van der Waals surface area contributed by atoms with Crippen LogP contribution < -0.4 is 5.32 Å². The van der Waals surface area contributed by atoms with Crippen LogP contribution in [0.1, 0.15) is 19.8 Å².